The molecule has 0 bridgehead atoms. The molecule has 5 aromatic carbocycles. The molecule has 1 aromatic heterocycles. The van der Waals surface area contributed by atoms with Crippen LogP contribution in [-0.4, -0.2) is 12.6 Å². The molecule has 0 aliphatic carbocycles. The molecule has 0 unspecified atom stereocenters. The summed E-state index contributed by atoms with van der Waals surface area (Å²) in [6.45, 7) is 14.7. The SMILES string of the molecule is CC1(C)c2cccc3c2-n2c4c1cccc4c1cc(-c4ccc5c(c4)-c4ccccc4[Si]5(C)C)cc(c12)C3(C)C. The summed E-state index contributed by atoms with van der Waals surface area (Å²) >= 11 is 0. The Labute approximate surface area is 237 Å². The number of rotatable bonds is 1. The van der Waals surface area contributed by atoms with Crippen molar-refractivity contribution in [3.05, 3.63) is 113 Å². The molecule has 0 N–H and O–H groups in total. The van der Waals surface area contributed by atoms with Gasteiger partial charge in [-0.05, 0) is 73.1 Å². The van der Waals surface area contributed by atoms with Crippen LogP contribution in [0.2, 0.25) is 13.1 Å². The lowest BCUT2D eigenvalue weighted by Gasteiger charge is -2.42. The third-order valence-corrected chi connectivity index (χ3v) is 14.3. The number of benzene rings is 5. The molecule has 40 heavy (non-hydrogen) atoms. The zero-order valence-electron chi connectivity index (χ0n) is 24.1. The lowest BCUT2D eigenvalue weighted by Crippen LogP contribution is -2.49. The highest BCUT2D eigenvalue weighted by atomic mass is 28.3. The second-order valence-corrected chi connectivity index (χ2v) is 18.2. The fraction of sp³-hybridized carbons (Fsp3) is 0.211. The lowest BCUT2D eigenvalue weighted by molar-refractivity contribution is 0.594. The quantitative estimate of drug-likeness (QED) is 0.187. The molecule has 0 saturated carbocycles. The van der Waals surface area contributed by atoms with Gasteiger partial charge in [0.15, 0.2) is 0 Å². The summed E-state index contributed by atoms with van der Waals surface area (Å²) in [5, 5.41) is 5.89. The van der Waals surface area contributed by atoms with Gasteiger partial charge in [-0.15, -0.1) is 0 Å². The summed E-state index contributed by atoms with van der Waals surface area (Å²) in [4.78, 5) is 0. The molecule has 0 atom stereocenters. The molecule has 0 radical (unpaired) electrons. The van der Waals surface area contributed by atoms with Crippen LogP contribution in [0.15, 0.2) is 91.0 Å². The van der Waals surface area contributed by atoms with Gasteiger partial charge in [0, 0.05) is 21.6 Å². The lowest BCUT2D eigenvalue weighted by atomic mass is 9.68. The van der Waals surface area contributed by atoms with Crippen molar-refractivity contribution in [2.45, 2.75) is 51.6 Å². The largest absolute Gasteiger partial charge is 0.308 e. The zero-order chi connectivity index (χ0) is 27.3. The van der Waals surface area contributed by atoms with Gasteiger partial charge in [0.25, 0.3) is 0 Å². The van der Waals surface area contributed by atoms with Gasteiger partial charge in [-0.25, -0.2) is 0 Å². The van der Waals surface area contributed by atoms with Crippen molar-refractivity contribution in [1.29, 1.82) is 0 Å². The first-order valence-electron chi connectivity index (χ1n) is 14.6. The molecule has 0 saturated heterocycles. The molecule has 3 aliphatic heterocycles. The highest BCUT2D eigenvalue weighted by molar-refractivity contribution is 7.03. The third kappa shape index (κ3) is 2.43. The maximum absolute atomic E-state index is 2.62. The number of fused-ring (bicyclic) bond motifs is 4. The van der Waals surface area contributed by atoms with Crippen LogP contribution in [0.25, 0.3) is 49.7 Å². The summed E-state index contributed by atoms with van der Waals surface area (Å²) in [5.41, 5.74) is 15.3. The number of nitrogens with zero attached hydrogens (tertiary/aromatic N) is 1. The molecular weight excluding hydrogens is 499 g/mol. The minimum absolute atomic E-state index is 0.0459. The molecule has 3 aliphatic rings. The average molecular weight is 532 g/mol. The fourth-order valence-corrected chi connectivity index (χ4v) is 11.6. The van der Waals surface area contributed by atoms with Crippen LogP contribution < -0.4 is 10.4 Å². The van der Waals surface area contributed by atoms with Gasteiger partial charge in [-0.1, -0.05) is 114 Å². The van der Waals surface area contributed by atoms with Crippen molar-refractivity contribution < 1.29 is 0 Å². The summed E-state index contributed by atoms with van der Waals surface area (Å²) in [6, 6.07) is 35.4. The van der Waals surface area contributed by atoms with Gasteiger partial charge in [-0.2, -0.15) is 0 Å². The van der Waals surface area contributed by atoms with E-state index in [9.17, 15) is 0 Å². The van der Waals surface area contributed by atoms with Crippen LogP contribution in [-0.2, 0) is 10.8 Å². The number of hydrogen-bond acceptors (Lipinski definition) is 0. The second kappa shape index (κ2) is 6.87. The van der Waals surface area contributed by atoms with Gasteiger partial charge in [0.1, 0.15) is 8.07 Å². The number of aromatic nitrogens is 1. The fourth-order valence-electron chi connectivity index (χ4n) is 8.55. The number of hydrogen-bond donors (Lipinski definition) is 0. The molecular formula is C38H33NSi. The van der Waals surface area contributed by atoms with Crippen molar-refractivity contribution in [3.63, 3.8) is 0 Å². The molecule has 6 aromatic rings. The average Bonchev–Trinajstić information content (AvgIpc) is 3.40. The van der Waals surface area contributed by atoms with E-state index >= 15 is 0 Å². The van der Waals surface area contributed by atoms with E-state index in [-0.39, 0.29) is 10.8 Å². The Morgan fingerprint density at radius 2 is 1.18 bits per heavy atom. The molecule has 2 heteroatoms. The first-order valence-corrected chi connectivity index (χ1v) is 17.6. The Morgan fingerprint density at radius 1 is 0.525 bits per heavy atom. The van der Waals surface area contributed by atoms with Crippen molar-refractivity contribution in [2.75, 3.05) is 0 Å². The van der Waals surface area contributed by atoms with Crippen LogP contribution in [0.5, 0.6) is 0 Å². The van der Waals surface area contributed by atoms with Crippen LogP contribution in [0.1, 0.15) is 49.9 Å². The van der Waals surface area contributed by atoms with Crippen LogP contribution in [0, 0.1) is 0 Å². The van der Waals surface area contributed by atoms with E-state index in [4.69, 9.17) is 0 Å². The first kappa shape index (κ1) is 22.9. The van der Waals surface area contributed by atoms with Crippen molar-refractivity contribution in [1.82, 2.24) is 4.57 Å². The normalized spacial score (nSPS) is 17.9. The number of para-hydroxylation sites is 2. The summed E-state index contributed by atoms with van der Waals surface area (Å²) in [5.74, 6) is 0. The van der Waals surface area contributed by atoms with Crippen LogP contribution in [0.4, 0.5) is 0 Å². The Balaban J connectivity index is 1.40. The molecule has 4 heterocycles. The Hall–Kier alpha value is -3.88. The molecule has 1 nitrogen and oxygen atoms in total. The van der Waals surface area contributed by atoms with E-state index in [1.165, 1.54) is 72.0 Å². The third-order valence-electron chi connectivity index (χ3n) is 10.8. The Morgan fingerprint density at radius 3 is 1.98 bits per heavy atom. The topological polar surface area (TPSA) is 4.93 Å². The smallest absolute Gasteiger partial charge is 0.113 e. The van der Waals surface area contributed by atoms with E-state index < -0.39 is 8.07 Å². The predicted octanol–water partition coefficient (Wildman–Crippen LogP) is 8.53. The molecule has 9 rings (SSSR count). The highest BCUT2D eigenvalue weighted by Gasteiger charge is 2.43. The van der Waals surface area contributed by atoms with Crippen molar-refractivity contribution in [3.8, 4) is 27.9 Å². The Bertz CT molecular complexity index is 2140. The highest BCUT2D eigenvalue weighted by Crippen LogP contribution is 2.55. The van der Waals surface area contributed by atoms with E-state index in [0.29, 0.717) is 0 Å². The maximum Gasteiger partial charge on any atom is 0.113 e. The first-order chi connectivity index (χ1) is 19.1. The standard InChI is InChI=1S/C38H33NSi/c1-37(2)28-13-9-12-25-27-20-23(22-17-18-33-26(19-22)24-11-7-8-16-32(24)40(33,5)6)21-31-35(27)39(34(25)28)36-29(37)14-10-15-30(36)38(31,3)4/h7-21H,1-6H3. The minimum atomic E-state index is -1.67. The van der Waals surface area contributed by atoms with Gasteiger partial charge in [-0.3, -0.25) is 0 Å². The van der Waals surface area contributed by atoms with Gasteiger partial charge in [0.05, 0.1) is 16.7 Å². The molecule has 0 amide bonds. The van der Waals surface area contributed by atoms with Gasteiger partial charge in [0.2, 0.25) is 0 Å². The van der Waals surface area contributed by atoms with E-state index in [1.54, 1.807) is 10.4 Å². The van der Waals surface area contributed by atoms with Crippen molar-refractivity contribution in [2.24, 2.45) is 0 Å². The van der Waals surface area contributed by atoms with E-state index in [0.717, 1.165) is 0 Å². The summed E-state index contributed by atoms with van der Waals surface area (Å²) < 4.78 is 2.62. The molecule has 0 fully saturated rings. The van der Waals surface area contributed by atoms with E-state index in [1.807, 2.05) is 0 Å². The minimum Gasteiger partial charge on any atom is -0.308 e. The monoisotopic (exact) mass is 531 g/mol. The van der Waals surface area contributed by atoms with Gasteiger partial charge >= 0.3 is 0 Å². The summed E-state index contributed by atoms with van der Waals surface area (Å²) in [7, 11) is -1.67. The Kier molecular flexibility index (Phi) is 3.93. The molecule has 0 spiro atoms. The zero-order valence-corrected chi connectivity index (χ0v) is 25.1. The molecule has 194 valence electrons. The second-order valence-electron chi connectivity index (χ2n) is 13.8. The van der Waals surface area contributed by atoms with Crippen LogP contribution >= 0.6 is 0 Å². The predicted molar refractivity (Wildman–Crippen MR) is 173 cm³/mol. The van der Waals surface area contributed by atoms with E-state index in [2.05, 4.69) is 136 Å². The van der Waals surface area contributed by atoms with Crippen LogP contribution in [0.3, 0.4) is 0 Å². The van der Waals surface area contributed by atoms with Gasteiger partial charge < -0.3 is 4.57 Å². The maximum atomic E-state index is 2.62. The summed E-state index contributed by atoms with van der Waals surface area (Å²) in [6.07, 6.45) is 0. The van der Waals surface area contributed by atoms with Crippen molar-refractivity contribution >= 4 is 40.3 Å².